The van der Waals surface area contributed by atoms with E-state index in [1.807, 2.05) is 60.3 Å². The molecular weight excluding hydrogens is 348 g/mol. The van der Waals surface area contributed by atoms with Gasteiger partial charge >= 0.3 is 0 Å². The van der Waals surface area contributed by atoms with Crippen LogP contribution in [0.3, 0.4) is 0 Å². The third-order valence-corrected chi connectivity index (χ3v) is 5.09. The summed E-state index contributed by atoms with van der Waals surface area (Å²) in [7, 11) is 0. The van der Waals surface area contributed by atoms with Crippen LogP contribution in [0.2, 0.25) is 0 Å². The monoisotopic (exact) mass is 372 g/mol. The number of fused-ring (bicyclic) bond motifs is 1. The summed E-state index contributed by atoms with van der Waals surface area (Å²) in [5.41, 5.74) is 5.25. The van der Waals surface area contributed by atoms with E-state index in [4.69, 9.17) is 0 Å². The molecule has 4 rings (SSSR count). The topological polar surface area (TPSA) is 50.2 Å². The van der Waals surface area contributed by atoms with Gasteiger partial charge in [0.2, 0.25) is 5.91 Å². The standard InChI is InChI=1S/C23H24N4O/c1-3-13-27-15-19(17(2)25-27)14-26-16-22(28)24-21-12-8-7-11-20(21)23(26)18-9-5-4-6-10-18/h3-12,15,23H,1,13-14,16H2,2H3,(H,24,28). The molecule has 28 heavy (non-hydrogen) atoms. The van der Waals surface area contributed by atoms with E-state index in [1.54, 1.807) is 0 Å². The van der Waals surface area contributed by atoms with Crippen molar-refractivity contribution in [3.63, 3.8) is 0 Å². The van der Waals surface area contributed by atoms with Crippen molar-refractivity contribution in [1.29, 1.82) is 0 Å². The molecule has 0 radical (unpaired) electrons. The first-order valence-corrected chi connectivity index (χ1v) is 9.47. The molecule has 1 aliphatic heterocycles. The third kappa shape index (κ3) is 3.62. The fourth-order valence-electron chi connectivity index (χ4n) is 3.84. The van der Waals surface area contributed by atoms with Crippen LogP contribution in [0.1, 0.15) is 28.4 Å². The molecular formula is C23H24N4O. The molecule has 0 saturated carbocycles. The smallest absolute Gasteiger partial charge is 0.238 e. The lowest BCUT2D eigenvalue weighted by molar-refractivity contribution is -0.117. The second-order valence-corrected chi connectivity index (χ2v) is 7.10. The Kier molecular flexibility index (Phi) is 5.08. The zero-order valence-electron chi connectivity index (χ0n) is 16.0. The number of aryl methyl sites for hydroxylation is 1. The summed E-state index contributed by atoms with van der Waals surface area (Å²) in [6, 6.07) is 18.4. The fourth-order valence-corrected chi connectivity index (χ4v) is 3.84. The quantitative estimate of drug-likeness (QED) is 0.691. The molecule has 142 valence electrons. The summed E-state index contributed by atoms with van der Waals surface area (Å²) >= 11 is 0. The van der Waals surface area contributed by atoms with Crippen LogP contribution >= 0.6 is 0 Å². The molecule has 1 unspecified atom stereocenters. The number of hydrogen-bond donors (Lipinski definition) is 1. The maximum atomic E-state index is 12.6. The average Bonchev–Trinajstić information content (AvgIpc) is 2.95. The van der Waals surface area contributed by atoms with Crippen molar-refractivity contribution in [2.45, 2.75) is 26.1 Å². The van der Waals surface area contributed by atoms with E-state index in [0.29, 0.717) is 19.6 Å². The van der Waals surface area contributed by atoms with Gasteiger partial charge in [-0.05, 0) is 24.1 Å². The first-order valence-electron chi connectivity index (χ1n) is 9.47. The number of amides is 1. The Labute approximate surface area is 165 Å². The number of carbonyl (C=O) groups excluding carboxylic acids is 1. The Morgan fingerprint density at radius 3 is 2.71 bits per heavy atom. The van der Waals surface area contributed by atoms with Gasteiger partial charge in [-0.2, -0.15) is 5.10 Å². The van der Waals surface area contributed by atoms with E-state index in [9.17, 15) is 4.79 Å². The summed E-state index contributed by atoms with van der Waals surface area (Å²) in [6.07, 6.45) is 3.88. The molecule has 2 heterocycles. The minimum atomic E-state index is -0.0153. The average molecular weight is 372 g/mol. The molecule has 2 aromatic carbocycles. The number of allylic oxidation sites excluding steroid dienone is 1. The van der Waals surface area contributed by atoms with Gasteiger partial charge in [0.05, 0.1) is 24.8 Å². The Hall–Kier alpha value is -3.18. The minimum Gasteiger partial charge on any atom is -0.325 e. The van der Waals surface area contributed by atoms with Crippen molar-refractivity contribution >= 4 is 11.6 Å². The molecule has 0 bridgehead atoms. The molecule has 0 spiro atoms. The number of para-hydroxylation sites is 1. The van der Waals surface area contributed by atoms with Gasteiger partial charge < -0.3 is 5.32 Å². The van der Waals surface area contributed by atoms with Crippen LogP contribution in [-0.2, 0) is 17.9 Å². The number of nitrogens with zero attached hydrogens (tertiary/aromatic N) is 3. The summed E-state index contributed by atoms with van der Waals surface area (Å²) in [5, 5.41) is 7.63. The molecule has 1 aromatic heterocycles. The molecule has 1 aliphatic rings. The number of anilines is 1. The van der Waals surface area contributed by atoms with E-state index in [-0.39, 0.29) is 11.9 Å². The summed E-state index contributed by atoms with van der Waals surface area (Å²) in [4.78, 5) is 14.9. The summed E-state index contributed by atoms with van der Waals surface area (Å²) in [6.45, 7) is 7.43. The van der Waals surface area contributed by atoms with E-state index < -0.39 is 0 Å². The largest absolute Gasteiger partial charge is 0.325 e. The van der Waals surface area contributed by atoms with Crippen LogP contribution in [0.25, 0.3) is 0 Å². The van der Waals surface area contributed by atoms with Gasteiger partial charge in [-0.15, -0.1) is 6.58 Å². The van der Waals surface area contributed by atoms with Crippen LogP contribution in [0, 0.1) is 6.92 Å². The van der Waals surface area contributed by atoms with Gasteiger partial charge in [0.25, 0.3) is 0 Å². The number of rotatable bonds is 5. The van der Waals surface area contributed by atoms with Crippen molar-refractivity contribution < 1.29 is 4.79 Å². The minimum absolute atomic E-state index is 0.00187. The predicted molar refractivity (Wildman–Crippen MR) is 111 cm³/mol. The van der Waals surface area contributed by atoms with Crippen LogP contribution in [0.15, 0.2) is 73.4 Å². The fraction of sp³-hybridized carbons (Fsp3) is 0.217. The maximum absolute atomic E-state index is 12.6. The van der Waals surface area contributed by atoms with Crippen molar-refractivity contribution in [1.82, 2.24) is 14.7 Å². The summed E-state index contributed by atoms with van der Waals surface area (Å²) < 4.78 is 1.89. The number of carbonyl (C=O) groups is 1. The Bertz CT molecular complexity index is 993. The molecule has 0 fully saturated rings. The molecule has 1 N–H and O–H groups in total. The first-order chi connectivity index (χ1) is 13.7. The van der Waals surface area contributed by atoms with Gasteiger partial charge in [0.1, 0.15) is 0 Å². The van der Waals surface area contributed by atoms with Crippen LogP contribution in [0.4, 0.5) is 5.69 Å². The van der Waals surface area contributed by atoms with Gasteiger partial charge in [0.15, 0.2) is 0 Å². The lowest BCUT2D eigenvalue weighted by Gasteiger charge is -2.30. The van der Waals surface area contributed by atoms with E-state index in [0.717, 1.165) is 22.5 Å². The van der Waals surface area contributed by atoms with Crippen molar-refractivity contribution in [2.75, 3.05) is 11.9 Å². The number of benzene rings is 2. The zero-order valence-corrected chi connectivity index (χ0v) is 16.0. The van der Waals surface area contributed by atoms with Gasteiger partial charge in [-0.25, -0.2) is 0 Å². The molecule has 5 heteroatoms. The number of aromatic nitrogens is 2. The van der Waals surface area contributed by atoms with Crippen molar-refractivity contribution in [3.05, 3.63) is 95.8 Å². The van der Waals surface area contributed by atoms with Gasteiger partial charge in [0, 0.05) is 24.0 Å². The Morgan fingerprint density at radius 2 is 1.93 bits per heavy atom. The second-order valence-electron chi connectivity index (χ2n) is 7.10. The maximum Gasteiger partial charge on any atom is 0.238 e. The highest BCUT2D eigenvalue weighted by atomic mass is 16.2. The third-order valence-electron chi connectivity index (χ3n) is 5.09. The van der Waals surface area contributed by atoms with Crippen LogP contribution < -0.4 is 5.32 Å². The molecule has 5 nitrogen and oxygen atoms in total. The van der Waals surface area contributed by atoms with Gasteiger partial charge in [-0.3, -0.25) is 14.4 Å². The first kappa shape index (κ1) is 18.2. The predicted octanol–water partition coefficient (Wildman–Crippen LogP) is 3.92. The lowest BCUT2D eigenvalue weighted by Crippen LogP contribution is -2.33. The van der Waals surface area contributed by atoms with Crippen molar-refractivity contribution in [3.8, 4) is 0 Å². The number of hydrogen-bond acceptors (Lipinski definition) is 3. The van der Waals surface area contributed by atoms with Crippen LogP contribution in [-0.4, -0.2) is 27.1 Å². The highest BCUT2D eigenvalue weighted by molar-refractivity contribution is 5.94. The van der Waals surface area contributed by atoms with Gasteiger partial charge in [-0.1, -0.05) is 54.6 Å². The normalized spacial score (nSPS) is 16.9. The van der Waals surface area contributed by atoms with E-state index in [1.165, 1.54) is 5.56 Å². The summed E-state index contributed by atoms with van der Waals surface area (Å²) in [5.74, 6) is 0.00187. The molecule has 3 aromatic rings. The van der Waals surface area contributed by atoms with Crippen LogP contribution in [0.5, 0.6) is 0 Å². The highest BCUT2D eigenvalue weighted by Crippen LogP contribution is 2.36. The Balaban J connectivity index is 1.77. The molecule has 1 atom stereocenters. The lowest BCUT2D eigenvalue weighted by atomic mass is 9.95. The molecule has 0 aliphatic carbocycles. The molecule has 1 amide bonds. The SMILES string of the molecule is C=CCn1cc(CN2CC(=O)Nc3ccccc3C2c2ccccc2)c(C)n1. The van der Waals surface area contributed by atoms with E-state index >= 15 is 0 Å². The van der Waals surface area contributed by atoms with Crippen molar-refractivity contribution in [2.24, 2.45) is 0 Å². The highest BCUT2D eigenvalue weighted by Gasteiger charge is 2.30. The molecule has 0 saturated heterocycles. The zero-order chi connectivity index (χ0) is 19.5. The Morgan fingerprint density at radius 1 is 1.18 bits per heavy atom. The number of nitrogens with one attached hydrogen (secondary N) is 1. The second kappa shape index (κ2) is 7.82. The van der Waals surface area contributed by atoms with E-state index in [2.05, 4.69) is 40.1 Å².